The Balaban J connectivity index is 3.08. The van der Waals surface area contributed by atoms with Gasteiger partial charge < -0.3 is 9.47 Å². The van der Waals surface area contributed by atoms with Gasteiger partial charge in [0.1, 0.15) is 5.92 Å². The number of ether oxygens (including phenoxy) is 2. The molecular formula is C11H11NO4S. The van der Waals surface area contributed by atoms with Gasteiger partial charge in [-0.2, -0.15) is 5.26 Å². The van der Waals surface area contributed by atoms with Gasteiger partial charge in [-0.05, 0) is 11.4 Å². The minimum absolute atomic E-state index is 0.633. The van der Waals surface area contributed by atoms with Crippen LogP contribution in [-0.4, -0.2) is 26.2 Å². The van der Waals surface area contributed by atoms with Crippen molar-refractivity contribution < 1.29 is 19.1 Å². The molecule has 0 aliphatic carbocycles. The van der Waals surface area contributed by atoms with Crippen LogP contribution < -0.4 is 0 Å². The molecule has 0 spiro atoms. The van der Waals surface area contributed by atoms with Gasteiger partial charge in [0.05, 0.1) is 20.3 Å². The number of rotatable bonds is 4. The van der Waals surface area contributed by atoms with E-state index in [4.69, 9.17) is 5.26 Å². The summed E-state index contributed by atoms with van der Waals surface area (Å²) in [5, 5.41) is 10.9. The highest BCUT2D eigenvalue weighted by molar-refractivity contribution is 7.10. The largest absolute Gasteiger partial charge is 0.468 e. The molecule has 1 rings (SSSR count). The maximum atomic E-state index is 11.5. The van der Waals surface area contributed by atoms with E-state index in [-0.39, 0.29) is 0 Å². The Kier molecular flexibility index (Phi) is 4.67. The second-order valence-corrected chi connectivity index (χ2v) is 4.13. The Morgan fingerprint density at radius 2 is 1.94 bits per heavy atom. The lowest BCUT2D eigenvalue weighted by atomic mass is 9.92. The number of carbonyl (C=O) groups excluding carboxylic acids is 2. The molecule has 17 heavy (non-hydrogen) atoms. The monoisotopic (exact) mass is 253 g/mol. The second kappa shape index (κ2) is 6.01. The molecule has 5 nitrogen and oxygen atoms in total. The van der Waals surface area contributed by atoms with E-state index < -0.39 is 23.8 Å². The van der Waals surface area contributed by atoms with Crippen molar-refractivity contribution in [3.63, 3.8) is 0 Å². The van der Waals surface area contributed by atoms with Gasteiger partial charge in [-0.1, -0.05) is 6.07 Å². The molecule has 1 aromatic heterocycles. The summed E-state index contributed by atoms with van der Waals surface area (Å²) in [5.41, 5.74) is 0. The lowest BCUT2D eigenvalue weighted by molar-refractivity contribution is -0.159. The minimum atomic E-state index is -1.24. The Bertz CT molecular complexity index is 419. The average Bonchev–Trinajstić information content (AvgIpc) is 2.87. The van der Waals surface area contributed by atoms with Crippen LogP contribution in [0.5, 0.6) is 0 Å². The molecule has 0 aromatic carbocycles. The van der Waals surface area contributed by atoms with Crippen LogP contribution in [0.2, 0.25) is 0 Å². The molecule has 0 saturated heterocycles. The van der Waals surface area contributed by atoms with Crippen LogP contribution >= 0.6 is 11.3 Å². The van der Waals surface area contributed by atoms with E-state index in [0.717, 1.165) is 0 Å². The SMILES string of the molecule is COC(=O)C(C(=O)OC)C(C#N)c1cccs1. The van der Waals surface area contributed by atoms with Crippen LogP contribution in [0.3, 0.4) is 0 Å². The molecule has 1 unspecified atom stereocenters. The third-order valence-corrected chi connectivity index (χ3v) is 3.19. The van der Waals surface area contributed by atoms with E-state index in [1.807, 2.05) is 6.07 Å². The van der Waals surface area contributed by atoms with E-state index in [2.05, 4.69) is 9.47 Å². The van der Waals surface area contributed by atoms with Crippen molar-refractivity contribution in [1.29, 1.82) is 5.26 Å². The van der Waals surface area contributed by atoms with E-state index in [9.17, 15) is 9.59 Å². The van der Waals surface area contributed by atoms with Gasteiger partial charge in [-0.25, -0.2) is 0 Å². The van der Waals surface area contributed by atoms with Crippen LogP contribution in [0.1, 0.15) is 10.8 Å². The van der Waals surface area contributed by atoms with Gasteiger partial charge in [0, 0.05) is 4.88 Å². The first-order valence-electron chi connectivity index (χ1n) is 4.74. The molecule has 0 radical (unpaired) electrons. The summed E-state index contributed by atoms with van der Waals surface area (Å²) in [6, 6.07) is 5.38. The number of esters is 2. The maximum absolute atomic E-state index is 11.5. The molecule has 90 valence electrons. The van der Waals surface area contributed by atoms with Gasteiger partial charge in [0.2, 0.25) is 0 Å². The first kappa shape index (κ1) is 13.2. The number of nitriles is 1. The fraction of sp³-hybridized carbons (Fsp3) is 0.364. The highest BCUT2D eigenvalue weighted by atomic mass is 32.1. The first-order valence-corrected chi connectivity index (χ1v) is 5.62. The standard InChI is InChI=1S/C11H11NO4S/c1-15-10(13)9(11(14)16-2)7(6-12)8-4-3-5-17-8/h3-5,7,9H,1-2H3. The van der Waals surface area contributed by atoms with Crippen molar-refractivity contribution in [3.8, 4) is 6.07 Å². The van der Waals surface area contributed by atoms with E-state index in [1.54, 1.807) is 17.5 Å². The number of hydrogen-bond acceptors (Lipinski definition) is 6. The normalized spacial score (nSPS) is 11.6. The van der Waals surface area contributed by atoms with E-state index >= 15 is 0 Å². The summed E-state index contributed by atoms with van der Waals surface area (Å²) in [6.45, 7) is 0. The number of carbonyl (C=O) groups is 2. The van der Waals surface area contributed by atoms with Crippen LogP contribution in [0.4, 0.5) is 0 Å². The molecule has 1 atom stereocenters. The zero-order valence-electron chi connectivity index (χ0n) is 9.38. The maximum Gasteiger partial charge on any atom is 0.321 e. The predicted molar refractivity (Wildman–Crippen MR) is 60.2 cm³/mol. The van der Waals surface area contributed by atoms with Crippen molar-refractivity contribution in [2.75, 3.05) is 14.2 Å². The third-order valence-electron chi connectivity index (χ3n) is 2.23. The molecule has 0 N–H and O–H groups in total. The van der Waals surface area contributed by atoms with Crippen molar-refractivity contribution in [1.82, 2.24) is 0 Å². The quantitative estimate of drug-likeness (QED) is 0.597. The third kappa shape index (κ3) is 2.82. The zero-order chi connectivity index (χ0) is 12.8. The molecule has 0 aliphatic heterocycles. The Labute approximate surface area is 103 Å². The molecule has 0 bridgehead atoms. The highest BCUT2D eigenvalue weighted by Crippen LogP contribution is 2.29. The smallest absolute Gasteiger partial charge is 0.321 e. The Hall–Kier alpha value is -1.87. The summed E-state index contributed by atoms with van der Waals surface area (Å²) in [6.07, 6.45) is 0. The lowest BCUT2D eigenvalue weighted by Crippen LogP contribution is -2.31. The molecular weight excluding hydrogens is 242 g/mol. The highest BCUT2D eigenvalue weighted by Gasteiger charge is 2.38. The van der Waals surface area contributed by atoms with Crippen molar-refractivity contribution in [2.45, 2.75) is 5.92 Å². The number of nitrogens with zero attached hydrogens (tertiary/aromatic N) is 1. The van der Waals surface area contributed by atoms with Crippen LogP contribution in [0, 0.1) is 17.2 Å². The fourth-order valence-corrected chi connectivity index (χ4v) is 2.20. The zero-order valence-corrected chi connectivity index (χ0v) is 10.2. The fourth-order valence-electron chi connectivity index (χ4n) is 1.39. The summed E-state index contributed by atoms with van der Waals surface area (Å²) in [4.78, 5) is 23.7. The van der Waals surface area contributed by atoms with E-state index in [0.29, 0.717) is 4.88 Å². The molecule has 0 saturated carbocycles. The molecule has 0 amide bonds. The van der Waals surface area contributed by atoms with Crippen molar-refractivity contribution in [2.24, 2.45) is 5.92 Å². The molecule has 1 aromatic rings. The van der Waals surface area contributed by atoms with Gasteiger partial charge in [0.25, 0.3) is 0 Å². The summed E-state index contributed by atoms with van der Waals surface area (Å²) >= 11 is 1.30. The number of hydrogen-bond donors (Lipinski definition) is 0. The van der Waals surface area contributed by atoms with Crippen molar-refractivity contribution >= 4 is 23.3 Å². The molecule has 6 heteroatoms. The summed E-state index contributed by atoms with van der Waals surface area (Å²) in [7, 11) is 2.34. The molecule has 0 fully saturated rings. The number of thiophene rings is 1. The summed E-state index contributed by atoms with van der Waals surface area (Å²) in [5.74, 6) is -3.66. The number of methoxy groups -OCH3 is 2. The van der Waals surface area contributed by atoms with Gasteiger partial charge in [-0.3, -0.25) is 9.59 Å². The summed E-state index contributed by atoms with van der Waals surface area (Å²) < 4.78 is 9.06. The van der Waals surface area contributed by atoms with Crippen LogP contribution in [0.25, 0.3) is 0 Å². The lowest BCUT2D eigenvalue weighted by Gasteiger charge is -2.16. The Morgan fingerprint density at radius 1 is 1.35 bits per heavy atom. The predicted octanol–water partition coefficient (Wildman–Crippen LogP) is 1.32. The Morgan fingerprint density at radius 3 is 2.29 bits per heavy atom. The van der Waals surface area contributed by atoms with Crippen molar-refractivity contribution in [3.05, 3.63) is 22.4 Å². The van der Waals surface area contributed by atoms with E-state index in [1.165, 1.54) is 25.6 Å². The minimum Gasteiger partial charge on any atom is -0.468 e. The topological polar surface area (TPSA) is 76.4 Å². The van der Waals surface area contributed by atoms with Crippen LogP contribution in [0.15, 0.2) is 17.5 Å². The molecule has 0 aliphatic rings. The second-order valence-electron chi connectivity index (χ2n) is 3.15. The first-order chi connectivity index (χ1) is 8.15. The van der Waals surface area contributed by atoms with Gasteiger partial charge in [-0.15, -0.1) is 11.3 Å². The van der Waals surface area contributed by atoms with Gasteiger partial charge in [0.15, 0.2) is 5.92 Å². The van der Waals surface area contributed by atoms with Gasteiger partial charge >= 0.3 is 11.9 Å². The molecule has 1 heterocycles. The average molecular weight is 253 g/mol. The van der Waals surface area contributed by atoms with Crippen LogP contribution in [-0.2, 0) is 19.1 Å².